The topological polar surface area (TPSA) is 69.0 Å². The maximum atomic E-state index is 12.2. The van der Waals surface area contributed by atoms with Gasteiger partial charge in [0, 0.05) is 25.4 Å². The summed E-state index contributed by atoms with van der Waals surface area (Å²) in [6.45, 7) is 1.70. The van der Waals surface area contributed by atoms with Gasteiger partial charge in [0.2, 0.25) is 0 Å². The van der Waals surface area contributed by atoms with E-state index in [1.807, 2.05) is 42.5 Å². The van der Waals surface area contributed by atoms with Gasteiger partial charge in [-0.2, -0.15) is 0 Å². The van der Waals surface area contributed by atoms with E-state index in [1.54, 1.807) is 24.5 Å². The molecule has 6 nitrogen and oxygen atoms in total. The van der Waals surface area contributed by atoms with Crippen molar-refractivity contribution < 1.29 is 9.53 Å². The van der Waals surface area contributed by atoms with Crippen molar-refractivity contribution in [2.45, 2.75) is 19.4 Å². The molecule has 158 valence electrons. The van der Waals surface area contributed by atoms with Crippen LogP contribution >= 0.6 is 11.6 Å². The summed E-state index contributed by atoms with van der Waals surface area (Å²) in [5.74, 6) is 1.53. The number of amides is 1. The second kappa shape index (κ2) is 10.1. The Balaban J connectivity index is 1.38. The van der Waals surface area contributed by atoms with Gasteiger partial charge in [-0.15, -0.1) is 0 Å². The Morgan fingerprint density at radius 2 is 1.90 bits per heavy atom. The molecule has 0 aliphatic carbocycles. The van der Waals surface area contributed by atoms with Crippen LogP contribution in [0.4, 0.5) is 0 Å². The van der Waals surface area contributed by atoms with E-state index in [9.17, 15) is 4.79 Å². The zero-order valence-corrected chi connectivity index (χ0v) is 17.8. The molecule has 0 saturated heterocycles. The zero-order chi connectivity index (χ0) is 21.5. The summed E-state index contributed by atoms with van der Waals surface area (Å²) in [5, 5.41) is 3.54. The highest BCUT2D eigenvalue weighted by atomic mass is 35.5. The Kier molecular flexibility index (Phi) is 6.79. The SMILES string of the molecule is O=C(NCCCc1nc2ccccc2n1CCOc1ccccc1Cl)c1cccnc1. The number of fused-ring (bicyclic) bond motifs is 1. The second-order valence-corrected chi connectivity index (χ2v) is 7.46. The fraction of sp³-hybridized carbons (Fsp3) is 0.208. The van der Waals surface area contributed by atoms with E-state index in [1.165, 1.54) is 0 Å². The number of halogens is 1. The van der Waals surface area contributed by atoms with Crippen LogP contribution in [0.2, 0.25) is 5.02 Å². The predicted molar refractivity (Wildman–Crippen MR) is 122 cm³/mol. The predicted octanol–water partition coefficient (Wildman–Crippen LogP) is 4.53. The molecule has 1 N–H and O–H groups in total. The summed E-state index contributed by atoms with van der Waals surface area (Å²) in [6.07, 6.45) is 4.74. The number of carbonyl (C=O) groups excluding carboxylic acids is 1. The van der Waals surface area contributed by atoms with Crippen LogP contribution in [0.3, 0.4) is 0 Å². The average molecular weight is 435 g/mol. The number of ether oxygens (including phenoxy) is 1. The lowest BCUT2D eigenvalue weighted by Gasteiger charge is -2.12. The first kappa shape index (κ1) is 20.9. The van der Waals surface area contributed by atoms with Crippen molar-refractivity contribution in [1.82, 2.24) is 19.9 Å². The quantitative estimate of drug-likeness (QED) is 0.393. The number of benzene rings is 2. The molecule has 0 aliphatic rings. The molecule has 0 bridgehead atoms. The van der Waals surface area contributed by atoms with Gasteiger partial charge in [0.1, 0.15) is 18.2 Å². The molecule has 31 heavy (non-hydrogen) atoms. The molecule has 0 aliphatic heterocycles. The summed E-state index contributed by atoms with van der Waals surface area (Å²) in [7, 11) is 0. The lowest BCUT2D eigenvalue weighted by atomic mass is 10.2. The molecule has 1 amide bonds. The number of pyridine rings is 1. The van der Waals surface area contributed by atoms with Crippen molar-refractivity contribution in [2.24, 2.45) is 0 Å². The van der Waals surface area contributed by atoms with Crippen molar-refractivity contribution in [3.05, 3.63) is 89.5 Å². The van der Waals surface area contributed by atoms with Gasteiger partial charge >= 0.3 is 0 Å². The molecular weight excluding hydrogens is 412 g/mol. The molecule has 0 fully saturated rings. The fourth-order valence-corrected chi connectivity index (χ4v) is 3.61. The first-order valence-electron chi connectivity index (χ1n) is 10.2. The molecule has 0 atom stereocenters. The van der Waals surface area contributed by atoms with E-state index in [4.69, 9.17) is 21.3 Å². The Morgan fingerprint density at radius 3 is 2.74 bits per heavy atom. The number of aryl methyl sites for hydroxylation is 1. The van der Waals surface area contributed by atoms with Gasteiger partial charge in [-0.05, 0) is 42.8 Å². The fourth-order valence-electron chi connectivity index (χ4n) is 3.42. The summed E-state index contributed by atoms with van der Waals surface area (Å²) in [6, 6.07) is 19.0. The number of hydrogen-bond donors (Lipinski definition) is 1. The third kappa shape index (κ3) is 5.22. The molecule has 0 unspecified atom stereocenters. The number of nitrogens with zero attached hydrogens (tertiary/aromatic N) is 3. The maximum Gasteiger partial charge on any atom is 0.252 e. The van der Waals surface area contributed by atoms with Crippen LogP contribution in [-0.2, 0) is 13.0 Å². The van der Waals surface area contributed by atoms with Crippen LogP contribution in [0.15, 0.2) is 73.1 Å². The third-order valence-electron chi connectivity index (χ3n) is 4.93. The number of aromatic nitrogens is 3. The summed E-state index contributed by atoms with van der Waals surface area (Å²) < 4.78 is 8.05. The highest BCUT2D eigenvalue weighted by Crippen LogP contribution is 2.23. The number of imidazole rings is 1. The highest BCUT2D eigenvalue weighted by molar-refractivity contribution is 6.32. The number of nitrogens with one attached hydrogen (secondary N) is 1. The van der Waals surface area contributed by atoms with Gasteiger partial charge in [-0.25, -0.2) is 4.98 Å². The molecule has 2 heterocycles. The van der Waals surface area contributed by atoms with E-state index >= 15 is 0 Å². The van der Waals surface area contributed by atoms with Crippen LogP contribution in [0.25, 0.3) is 11.0 Å². The molecule has 0 saturated carbocycles. The largest absolute Gasteiger partial charge is 0.490 e. The molecule has 0 radical (unpaired) electrons. The normalized spacial score (nSPS) is 10.9. The van der Waals surface area contributed by atoms with Crippen molar-refractivity contribution in [2.75, 3.05) is 13.2 Å². The standard InChI is InChI=1S/C24H23ClN4O2/c25-19-8-1-4-11-22(19)31-16-15-29-21-10-3-2-9-20(21)28-23(29)12-6-14-27-24(30)18-7-5-13-26-17-18/h1-5,7-11,13,17H,6,12,14-16H2,(H,27,30). The number of hydrogen-bond acceptors (Lipinski definition) is 4. The van der Waals surface area contributed by atoms with Gasteiger partial charge in [0.05, 0.1) is 28.2 Å². The molecule has 2 aromatic heterocycles. The third-order valence-corrected chi connectivity index (χ3v) is 5.24. The van der Waals surface area contributed by atoms with E-state index < -0.39 is 0 Å². The van der Waals surface area contributed by atoms with E-state index in [-0.39, 0.29) is 5.91 Å². The zero-order valence-electron chi connectivity index (χ0n) is 17.0. The molecule has 4 rings (SSSR count). The molecule has 4 aromatic rings. The van der Waals surface area contributed by atoms with Crippen LogP contribution in [0.1, 0.15) is 22.6 Å². The van der Waals surface area contributed by atoms with Gasteiger partial charge in [0.15, 0.2) is 0 Å². The summed E-state index contributed by atoms with van der Waals surface area (Å²) in [5.41, 5.74) is 2.58. The lowest BCUT2D eigenvalue weighted by Crippen LogP contribution is -2.25. The van der Waals surface area contributed by atoms with Crippen molar-refractivity contribution in [3.63, 3.8) is 0 Å². The van der Waals surface area contributed by atoms with Gasteiger partial charge < -0.3 is 14.6 Å². The first-order chi connectivity index (χ1) is 15.2. The number of carbonyl (C=O) groups is 1. The van der Waals surface area contributed by atoms with Crippen molar-refractivity contribution in [1.29, 1.82) is 0 Å². The Hall–Kier alpha value is -3.38. The molecular formula is C24H23ClN4O2. The van der Waals surface area contributed by atoms with Crippen LogP contribution < -0.4 is 10.1 Å². The van der Waals surface area contributed by atoms with Gasteiger partial charge in [-0.3, -0.25) is 9.78 Å². The van der Waals surface area contributed by atoms with E-state index in [0.717, 1.165) is 29.7 Å². The van der Waals surface area contributed by atoms with Gasteiger partial charge in [-0.1, -0.05) is 35.9 Å². The first-order valence-corrected chi connectivity index (χ1v) is 10.6. The Bertz CT molecular complexity index is 1160. The van der Waals surface area contributed by atoms with Crippen molar-refractivity contribution in [3.8, 4) is 5.75 Å². The molecule has 0 spiro atoms. The van der Waals surface area contributed by atoms with E-state index in [2.05, 4.69) is 20.9 Å². The summed E-state index contributed by atoms with van der Waals surface area (Å²) in [4.78, 5) is 20.9. The van der Waals surface area contributed by atoms with Crippen LogP contribution in [-0.4, -0.2) is 33.6 Å². The smallest absolute Gasteiger partial charge is 0.252 e. The molecule has 7 heteroatoms. The monoisotopic (exact) mass is 434 g/mol. The maximum absolute atomic E-state index is 12.2. The van der Waals surface area contributed by atoms with Gasteiger partial charge in [0.25, 0.3) is 5.91 Å². The molecule has 2 aromatic carbocycles. The highest BCUT2D eigenvalue weighted by Gasteiger charge is 2.11. The van der Waals surface area contributed by atoms with Crippen LogP contribution in [0.5, 0.6) is 5.75 Å². The summed E-state index contributed by atoms with van der Waals surface area (Å²) >= 11 is 6.18. The van der Waals surface area contributed by atoms with E-state index in [0.29, 0.717) is 36.0 Å². The van der Waals surface area contributed by atoms with Crippen molar-refractivity contribution >= 4 is 28.5 Å². The minimum Gasteiger partial charge on any atom is -0.490 e. The Labute approximate surface area is 185 Å². The number of para-hydroxylation sites is 3. The average Bonchev–Trinajstić information content (AvgIpc) is 3.16. The second-order valence-electron chi connectivity index (χ2n) is 7.05. The minimum absolute atomic E-state index is 0.116. The lowest BCUT2D eigenvalue weighted by molar-refractivity contribution is 0.0953. The minimum atomic E-state index is -0.116. The number of rotatable bonds is 9. The van der Waals surface area contributed by atoms with Crippen LogP contribution in [0, 0.1) is 0 Å². The Morgan fingerprint density at radius 1 is 1.06 bits per heavy atom.